The van der Waals surface area contributed by atoms with E-state index < -0.39 is 0 Å². The number of aromatic hydroxyl groups is 1. The van der Waals surface area contributed by atoms with E-state index in [1.807, 2.05) is 9.58 Å². The minimum atomic E-state index is 0.0360. The second kappa shape index (κ2) is 7.63. The van der Waals surface area contributed by atoms with Crippen LogP contribution in [0.2, 0.25) is 5.02 Å². The van der Waals surface area contributed by atoms with Gasteiger partial charge in [-0.05, 0) is 17.7 Å². The van der Waals surface area contributed by atoms with Crippen LogP contribution < -0.4 is 0 Å². The van der Waals surface area contributed by atoms with Crippen molar-refractivity contribution in [2.75, 3.05) is 32.7 Å². The van der Waals surface area contributed by atoms with Gasteiger partial charge in [0.25, 0.3) is 0 Å². The van der Waals surface area contributed by atoms with Crippen LogP contribution in [0.25, 0.3) is 0 Å². The van der Waals surface area contributed by atoms with E-state index in [0.29, 0.717) is 6.42 Å². The quantitative estimate of drug-likeness (QED) is 0.872. The van der Waals surface area contributed by atoms with Crippen molar-refractivity contribution >= 4 is 17.5 Å². The molecule has 0 saturated carbocycles. The molecule has 1 aromatic carbocycles. The van der Waals surface area contributed by atoms with Gasteiger partial charge in [0.05, 0.1) is 18.0 Å². The highest BCUT2D eigenvalue weighted by atomic mass is 35.5. The molecule has 1 N–H and O–H groups in total. The number of carbonyl (C=O) groups excluding carboxylic acids is 1. The third-order valence-corrected chi connectivity index (χ3v) is 4.51. The number of amides is 1. The molecule has 24 heavy (non-hydrogen) atoms. The molecule has 0 aliphatic carbocycles. The van der Waals surface area contributed by atoms with E-state index >= 15 is 0 Å². The molecule has 1 amide bonds. The maximum absolute atomic E-state index is 12.4. The van der Waals surface area contributed by atoms with Gasteiger partial charge in [-0.2, -0.15) is 5.10 Å². The van der Waals surface area contributed by atoms with Crippen molar-refractivity contribution < 1.29 is 9.90 Å². The van der Waals surface area contributed by atoms with Crippen molar-refractivity contribution in [3.63, 3.8) is 0 Å². The molecule has 7 nitrogen and oxygen atoms in total. The molecule has 128 valence electrons. The third-order valence-electron chi connectivity index (χ3n) is 4.20. The largest absolute Gasteiger partial charge is 0.506 e. The topological polar surface area (TPSA) is 74.5 Å². The Morgan fingerprint density at radius 1 is 1.21 bits per heavy atom. The summed E-state index contributed by atoms with van der Waals surface area (Å²) in [5.41, 5.74) is 0.816. The summed E-state index contributed by atoms with van der Waals surface area (Å²) < 4.78 is 1.81. The van der Waals surface area contributed by atoms with Crippen LogP contribution in [-0.2, 0) is 17.8 Å². The summed E-state index contributed by atoms with van der Waals surface area (Å²) in [6.45, 7) is 4.87. The number of phenolic OH excluding ortho intramolecular Hbond substituents is 1. The smallest absolute Gasteiger partial charge is 0.227 e. The highest BCUT2D eigenvalue weighted by molar-refractivity contribution is 6.32. The molecule has 1 aliphatic heterocycles. The number of aromatic nitrogens is 3. The molecule has 1 aromatic heterocycles. The zero-order chi connectivity index (χ0) is 16.9. The van der Waals surface area contributed by atoms with Crippen LogP contribution in [0.15, 0.2) is 30.9 Å². The number of carbonyl (C=O) groups is 1. The molecule has 1 saturated heterocycles. The molecule has 1 fully saturated rings. The SMILES string of the molecule is O=C(Cc1ccc(O)c(Cl)c1)N1CCN(CCn2cncn2)CC1. The van der Waals surface area contributed by atoms with Crippen LogP contribution in [0.3, 0.4) is 0 Å². The molecule has 8 heteroatoms. The predicted octanol–water partition coefficient (Wildman–Crippen LogP) is 1.02. The van der Waals surface area contributed by atoms with Gasteiger partial charge >= 0.3 is 0 Å². The molecule has 0 spiro atoms. The fourth-order valence-electron chi connectivity index (χ4n) is 2.76. The fourth-order valence-corrected chi connectivity index (χ4v) is 2.96. The second-order valence-corrected chi connectivity index (χ2v) is 6.25. The number of phenols is 1. The molecule has 0 radical (unpaired) electrons. The maximum Gasteiger partial charge on any atom is 0.227 e. The van der Waals surface area contributed by atoms with Crippen LogP contribution >= 0.6 is 11.6 Å². The van der Waals surface area contributed by atoms with E-state index in [1.54, 1.807) is 18.5 Å². The van der Waals surface area contributed by atoms with Gasteiger partial charge in [-0.15, -0.1) is 0 Å². The second-order valence-electron chi connectivity index (χ2n) is 5.84. The summed E-state index contributed by atoms with van der Waals surface area (Å²) in [5.74, 6) is 0.126. The van der Waals surface area contributed by atoms with Crippen LogP contribution in [0, 0.1) is 0 Å². The number of hydrogen-bond donors (Lipinski definition) is 1. The van der Waals surface area contributed by atoms with Gasteiger partial charge in [0, 0.05) is 32.7 Å². The van der Waals surface area contributed by atoms with Crippen molar-refractivity contribution in [3.8, 4) is 5.75 Å². The van der Waals surface area contributed by atoms with Crippen molar-refractivity contribution in [3.05, 3.63) is 41.4 Å². The van der Waals surface area contributed by atoms with E-state index in [0.717, 1.165) is 44.8 Å². The molecule has 2 aromatic rings. The summed E-state index contributed by atoms with van der Waals surface area (Å²) in [6, 6.07) is 4.89. The van der Waals surface area contributed by atoms with Crippen molar-refractivity contribution in [1.82, 2.24) is 24.6 Å². The number of benzene rings is 1. The normalized spacial score (nSPS) is 15.6. The summed E-state index contributed by atoms with van der Waals surface area (Å²) in [6.07, 6.45) is 3.55. The fraction of sp³-hybridized carbons (Fsp3) is 0.438. The number of hydrogen-bond acceptors (Lipinski definition) is 5. The van der Waals surface area contributed by atoms with E-state index in [4.69, 9.17) is 11.6 Å². The molecular weight excluding hydrogens is 330 g/mol. The van der Waals surface area contributed by atoms with Gasteiger partial charge in [-0.25, -0.2) is 4.98 Å². The van der Waals surface area contributed by atoms with Crippen molar-refractivity contribution in [2.24, 2.45) is 0 Å². The number of piperazine rings is 1. The third kappa shape index (κ3) is 4.24. The van der Waals surface area contributed by atoms with E-state index in [9.17, 15) is 9.90 Å². The summed E-state index contributed by atoms with van der Waals surface area (Å²) in [4.78, 5) is 20.5. The minimum absolute atomic E-state index is 0.0360. The van der Waals surface area contributed by atoms with Gasteiger partial charge in [0.2, 0.25) is 5.91 Å². The molecular formula is C16H20ClN5O2. The van der Waals surface area contributed by atoms with Crippen molar-refractivity contribution in [2.45, 2.75) is 13.0 Å². The first-order valence-corrected chi connectivity index (χ1v) is 8.29. The first-order chi connectivity index (χ1) is 11.6. The van der Waals surface area contributed by atoms with E-state index in [2.05, 4.69) is 15.0 Å². The Kier molecular flexibility index (Phi) is 5.32. The Hall–Kier alpha value is -2.12. The zero-order valence-electron chi connectivity index (χ0n) is 13.3. The molecule has 1 aliphatic rings. The molecule has 3 rings (SSSR count). The van der Waals surface area contributed by atoms with Crippen LogP contribution in [-0.4, -0.2) is 68.3 Å². The van der Waals surface area contributed by atoms with Gasteiger partial charge in [-0.1, -0.05) is 17.7 Å². The van der Waals surface area contributed by atoms with E-state index in [-0.39, 0.29) is 16.7 Å². The first kappa shape index (κ1) is 16.7. The summed E-state index contributed by atoms with van der Waals surface area (Å²) in [5, 5.41) is 13.8. The summed E-state index contributed by atoms with van der Waals surface area (Å²) >= 11 is 5.89. The average molecular weight is 350 g/mol. The minimum Gasteiger partial charge on any atom is -0.506 e. The Balaban J connectivity index is 1.45. The molecule has 0 atom stereocenters. The molecule has 2 heterocycles. The zero-order valence-corrected chi connectivity index (χ0v) is 14.1. The lowest BCUT2D eigenvalue weighted by Crippen LogP contribution is -2.49. The standard InChI is InChI=1S/C16H20ClN5O2/c17-14-9-13(1-2-15(14)23)10-16(24)21-6-3-20(4-7-21)5-8-22-12-18-11-19-22/h1-2,9,11-12,23H,3-8,10H2. The highest BCUT2D eigenvalue weighted by Crippen LogP contribution is 2.24. The maximum atomic E-state index is 12.4. The number of rotatable bonds is 5. The molecule has 0 unspecified atom stereocenters. The van der Waals surface area contributed by atoms with Crippen LogP contribution in [0.5, 0.6) is 5.75 Å². The number of halogens is 1. The average Bonchev–Trinajstić information content (AvgIpc) is 3.10. The van der Waals surface area contributed by atoms with Crippen molar-refractivity contribution in [1.29, 1.82) is 0 Å². The predicted molar refractivity (Wildman–Crippen MR) is 89.9 cm³/mol. The first-order valence-electron chi connectivity index (χ1n) is 7.92. The Bertz CT molecular complexity index is 684. The lowest BCUT2D eigenvalue weighted by Gasteiger charge is -2.34. The summed E-state index contributed by atoms with van der Waals surface area (Å²) in [7, 11) is 0. The van der Waals surface area contributed by atoms with Crippen LogP contribution in [0.1, 0.15) is 5.56 Å². The monoisotopic (exact) mass is 349 g/mol. The Morgan fingerprint density at radius 3 is 2.67 bits per heavy atom. The van der Waals surface area contributed by atoms with Crippen LogP contribution in [0.4, 0.5) is 0 Å². The Labute approximate surface area is 145 Å². The van der Waals surface area contributed by atoms with Gasteiger partial charge in [0.15, 0.2) is 0 Å². The number of nitrogens with zero attached hydrogens (tertiary/aromatic N) is 5. The van der Waals surface area contributed by atoms with Gasteiger partial charge in [0.1, 0.15) is 18.4 Å². The Morgan fingerprint density at radius 2 is 2.00 bits per heavy atom. The van der Waals surface area contributed by atoms with E-state index in [1.165, 1.54) is 12.4 Å². The lowest BCUT2D eigenvalue weighted by atomic mass is 10.1. The van der Waals surface area contributed by atoms with Gasteiger partial charge < -0.3 is 10.0 Å². The van der Waals surface area contributed by atoms with Gasteiger partial charge in [-0.3, -0.25) is 14.4 Å². The molecule has 0 bridgehead atoms. The highest BCUT2D eigenvalue weighted by Gasteiger charge is 2.21. The lowest BCUT2D eigenvalue weighted by molar-refractivity contribution is -0.132.